The van der Waals surface area contributed by atoms with Crippen LogP contribution in [-0.4, -0.2) is 25.0 Å². The van der Waals surface area contributed by atoms with Gasteiger partial charge < -0.3 is 9.47 Å². The number of rotatable bonds is 0. The van der Waals surface area contributed by atoms with Gasteiger partial charge in [-0.2, -0.15) is 10.5 Å². The van der Waals surface area contributed by atoms with Crippen molar-refractivity contribution in [3.8, 4) is 12.1 Å². The van der Waals surface area contributed by atoms with Crippen LogP contribution in [0.1, 0.15) is 32.1 Å². The zero-order chi connectivity index (χ0) is 14.1. The number of nitrogens with two attached hydrogens (primary N) is 1. The van der Waals surface area contributed by atoms with Gasteiger partial charge in [0.25, 0.3) is 5.84 Å². The van der Waals surface area contributed by atoms with Crippen LogP contribution < -0.4 is 10.7 Å². The number of nitrogens with one attached hydrogen (secondary N) is 1. The van der Waals surface area contributed by atoms with E-state index in [2.05, 4.69) is 17.1 Å². The fraction of sp³-hybridized carbons (Fsp3) is 0.786. The van der Waals surface area contributed by atoms with Gasteiger partial charge in [0.2, 0.25) is 0 Å². The van der Waals surface area contributed by atoms with Crippen molar-refractivity contribution in [3.63, 3.8) is 0 Å². The van der Waals surface area contributed by atoms with E-state index in [9.17, 15) is 10.5 Å². The van der Waals surface area contributed by atoms with Gasteiger partial charge in [-0.1, -0.05) is 19.3 Å². The molecule has 2 spiro atoms. The molecule has 6 nitrogen and oxygen atoms in total. The maximum atomic E-state index is 9.95. The van der Waals surface area contributed by atoms with Crippen molar-refractivity contribution in [2.24, 2.45) is 22.0 Å². The van der Waals surface area contributed by atoms with Crippen LogP contribution in [0.15, 0.2) is 0 Å². The SMILES string of the molecule is N#C[C@@]12C3([NH+]=C(N)[C@]1(C#N)C21CCCCC1)OCCO3. The van der Waals surface area contributed by atoms with Gasteiger partial charge >= 0.3 is 5.91 Å². The van der Waals surface area contributed by atoms with Crippen molar-refractivity contribution < 1.29 is 14.5 Å². The summed E-state index contributed by atoms with van der Waals surface area (Å²) in [4.78, 5) is 2.99. The number of amidine groups is 1. The largest absolute Gasteiger partial charge is 0.343 e. The molecule has 104 valence electrons. The van der Waals surface area contributed by atoms with Crippen molar-refractivity contribution in [2.45, 2.75) is 38.0 Å². The fourth-order valence-electron chi connectivity index (χ4n) is 5.20. The first-order chi connectivity index (χ1) is 9.66. The second-order valence-electron chi connectivity index (χ2n) is 6.22. The van der Waals surface area contributed by atoms with Crippen LogP contribution in [-0.2, 0) is 9.47 Å². The predicted molar refractivity (Wildman–Crippen MR) is 66.4 cm³/mol. The highest BCUT2D eigenvalue weighted by atomic mass is 16.8. The summed E-state index contributed by atoms with van der Waals surface area (Å²) in [5.74, 6) is -0.871. The summed E-state index contributed by atoms with van der Waals surface area (Å²) in [5.41, 5.74) is 3.76. The standard InChI is InChI=1S/C14H16N4O2/c15-8-12-10(17)18-14(19-6-7-20-14)13(12,9-16)11(12)4-2-1-3-5-11/h1-7H2,(H2,17,18)/p+1/t12-,13+/m1/s1. The van der Waals surface area contributed by atoms with Gasteiger partial charge in [0.1, 0.15) is 0 Å². The third-order valence-electron chi connectivity index (χ3n) is 5.87. The van der Waals surface area contributed by atoms with Crippen molar-refractivity contribution in [2.75, 3.05) is 13.2 Å². The van der Waals surface area contributed by atoms with E-state index >= 15 is 0 Å². The van der Waals surface area contributed by atoms with Crippen molar-refractivity contribution in [1.29, 1.82) is 10.5 Å². The van der Waals surface area contributed by atoms with E-state index in [4.69, 9.17) is 15.2 Å². The first-order valence-electron chi connectivity index (χ1n) is 7.18. The van der Waals surface area contributed by atoms with Crippen LogP contribution >= 0.6 is 0 Å². The van der Waals surface area contributed by atoms with E-state index in [-0.39, 0.29) is 0 Å². The average molecular weight is 273 g/mol. The number of ether oxygens (including phenoxy) is 2. The second kappa shape index (κ2) is 3.33. The van der Waals surface area contributed by atoms with Gasteiger partial charge in [0.15, 0.2) is 10.8 Å². The molecule has 0 bridgehead atoms. The average Bonchev–Trinajstić information content (AvgIpc) is 2.77. The molecular formula is C14H17N4O2+. The van der Waals surface area contributed by atoms with Crippen LogP contribution in [0.3, 0.4) is 0 Å². The molecule has 0 amide bonds. The van der Waals surface area contributed by atoms with Crippen LogP contribution in [0, 0.1) is 38.9 Å². The molecule has 0 aromatic rings. The Labute approximate surface area is 117 Å². The number of hydrogen-bond acceptors (Lipinski definition) is 5. The molecule has 20 heavy (non-hydrogen) atoms. The van der Waals surface area contributed by atoms with Crippen LogP contribution in [0.5, 0.6) is 0 Å². The third-order valence-corrected chi connectivity index (χ3v) is 5.87. The molecule has 1 saturated heterocycles. The molecule has 2 atom stereocenters. The predicted octanol–water partition coefficient (Wildman–Crippen LogP) is -0.878. The molecule has 0 radical (unpaired) electrons. The molecule has 4 rings (SSSR count). The van der Waals surface area contributed by atoms with E-state index in [1.807, 2.05) is 0 Å². The molecule has 2 aliphatic heterocycles. The Hall–Kier alpha value is -1.63. The highest BCUT2D eigenvalue weighted by molar-refractivity contribution is 5.95. The maximum absolute atomic E-state index is 9.95. The van der Waals surface area contributed by atoms with Crippen LogP contribution in [0.25, 0.3) is 0 Å². The molecule has 4 aliphatic rings. The van der Waals surface area contributed by atoms with Gasteiger partial charge in [-0.3, -0.25) is 5.73 Å². The minimum atomic E-state index is -1.22. The zero-order valence-electron chi connectivity index (χ0n) is 11.2. The zero-order valence-corrected chi connectivity index (χ0v) is 11.2. The first kappa shape index (κ1) is 12.1. The lowest BCUT2D eigenvalue weighted by molar-refractivity contribution is -0.678. The smallest absolute Gasteiger partial charge is 0.311 e. The summed E-state index contributed by atoms with van der Waals surface area (Å²) < 4.78 is 11.5. The highest BCUT2D eigenvalue weighted by Crippen LogP contribution is 2.86. The molecule has 0 unspecified atom stereocenters. The third kappa shape index (κ3) is 0.827. The Morgan fingerprint density at radius 3 is 2.25 bits per heavy atom. The number of fused-ring (bicyclic) bond motifs is 4. The Bertz CT molecular complexity index is 589. The second-order valence-corrected chi connectivity index (χ2v) is 6.22. The number of hydrogen-bond donors (Lipinski definition) is 2. The molecule has 3 fully saturated rings. The Morgan fingerprint density at radius 2 is 1.70 bits per heavy atom. The molecule has 3 N–H and O–H groups in total. The summed E-state index contributed by atoms with van der Waals surface area (Å²) in [6.45, 7) is 0.836. The van der Waals surface area contributed by atoms with Crippen molar-refractivity contribution in [1.82, 2.24) is 0 Å². The van der Waals surface area contributed by atoms with Gasteiger partial charge in [-0.25, -0.2) is 4.99 Å². The summed E-state index contributed by atoms with van der Waals surface area (Å²) in [6, 6.07) is 4.75. The van der Waals surface area contributed by atoms with Crippen LogP contribution in [0.4, 0.5) is 0 Å². The molecule has 6 heteroatoms. The molecule has 0 aromatic carbocycles. The van der Waals surface area contributed by atoms with Gasteiger partial charge in [0, 0.05) is 5.41 Å². The minimum Gasteiger partial charge on any atom is -0.311 e. The molecule has 2 heterocycles. The quantitative estimate of drug-likeness (QED) is 0.596. The van der Waals surface area contributed by atoms with Crippen LogP contribution in [0.2, 0.25) is 0 Å². The maximum Gasteiger partial charge on any atom is 0.343 e. The summed E-state index contributed by atoms with van der Waals surface area (Å²) in [5, 5.41) is 19.8. The lowest BCUT2D eigenvalue weighted by atomic mass is 9.76. The minimum absolute atomic E-state index is 0.352. The van der Waals surface area contributed by atoms with Gasteiger partial charge in [0.05, 0.1) is 25.4 Å². The van der Waals surface area contributed by atoms with E-state index in [1.165, 1.54) is 0 Å². The monoisotopic (exact) mass is 273 g/mol. The Balaban J connectivity index is 1.95. The van der Waals surface area contributed by atoms with Crippen molar-refractivity contribution >= 4 is 5.84 Å². The van der Waals surface area contributed by atoms with E-state index in [0.29, 0.717) is 19.0 Å². The first-order valence-corrected chi connectivity index (χ1v) is 7.18. The summed E-state index contributed by atoms with van der Waals surface area (Å²) in [7, 11) is 0. The highest BCUT2D eigenvalue weighted by Gasteiger charge is 3.03. The Morgan fingerprint density at radius 1 is 1.05 bits per heavy atom. The lowest BCUT2D eigenvalue weighted by Crippen LogP contribution is -2.90. The Kier molecular flexibility index (Phi) is 2.02. The van der Waals surface area contributed by atoms with Gasteiger partial charge in [-0.15, -0.1) is 0 Å². The molecule has 2 aliphatic carbocycles. The normalized spacial score (nSPS) is 42.8. The van der Waals surface area contributed by atoms with Gasteiger partial charge in [-0.05, 0) is 12.8 Å². The number of nitriles is 2. The van der Waals surface area contributed by atoms with Crippen molar-refractivity contribution in [3.05, 3.63) is 0 Å². The van der Waals surface area contributed by atoms with E-state index in [0.717, 1.165) is 32.1 Å². The summed E-state index contributed by atoms with van der Waals surface area (Å²) in [6.07, 6.45) is 4.87. The lowest BCUT2D eigenvalue weighted by Gasteiger charge is -2.31. The molecular weight excluding hydrogens is 256 g/mol. The topological polar surface area (TPSA) is 106 Å². The molecule has 0 aromatic heterocycles. The number of nitrogens with zero attached hydrogens (tertiary/aromatic N) is 2. The fourth-order valence-corrected chi connectivity index (χ4v) is 5.20. The summed E-state index contributed by atoms with van der Waals surface area (Å²) >= 11 is 0. The molecule has 2 saturated carbocycles. The van der Waals surface area contributed by atoms with E-state index in [1.54, 1.807) is 0 Å². The van der Waals surface area contributed by atoms with E-state index < -0.39 is 22.2 Å².